The molecule has 0 atom stereocenters. The lowest BCUT2D eigenvalue weighted by Crippen LogP contribution is -2.44. The van der Waals surface area contributed by atoms with E-state index in [1.54, 1.807) is 14.1 Å². The predicted molar refractivity (Wildman–Crippen MR) is 247 cm³/mol. The summed E-state index contributed by atoms with van der Waals surface area (Å²) in [5.74, 6) is -2.02. The van der Waals surface area contributed by atoms with Gasteiger partial charge >= 0.3 is 0 Å². The van der Waals surface area contributed by atoms with E-state index in [0.717, 1.165) is 50.8 Å². The number of anilines is 2. The predicted octanol–water partition coefficient (Wildman–Crippen LogP) is 8.60. The molecule has 3 aliphatic carbocycles. The summed E-state index contributed by atoms with van der Waals surface area (Å²) in [4.78, 5) is 49.1. The van der Waals surface area contributed by atoms with Gasteiger partial charge in [0, 0.05) is 73.3 Å². The van der Waals surface area contributed by atoms with Crippen LogP contribution in [0.1, 0.15) is 119 Å². The largest absolute Gasteiger partial charge is 0.381 e. The van der Waals surface area contributed by atoms with Crippen molar-refractivity contribution in [1.29, 1.82) is 0 Å². The fourth-order valence-electron chi connectivity index (χ4n) is 7.07. The first kappa shape index (κ1) is 50.9. The van der Waals surface area contributed by atoms with Crippen LogP contribution in [0.5, 0.6) is 0 Å². The highest BCUT2D eigenvalue weighted by Crippen LogP contribution is 2.52. The van der Waals surface area contributed by atoms with E-state index >= 15 is 0 Å². The van der Waals surface area contributed by atoms with E-state index < -0.39 is 35.2 Å². The number of carbonyl (C=O) groups excluding carboxylic acids is 3. The molecule has 8 rings (SSSR count). The number of rotatable bonds is 14. The van der Waals surface area contributed by atoms with Gasteiger partial charge in [-0.2, -0.15) is 0 Å². The molecule has 362 valence electrons. The molecule has 0 unspecified atom stereocenters. The highest BCUT2D eigenvalue weighted by atomic mass is 19.1. The molecule has 0 spiro atoms. The highest BCUT2D eigenvalue weighted by Gasteiger charge is 2.50. The number of nitrogens with zero attached hydrogens (tertiary/aromatic N) is 5. The van der Waals surface area contributed by atoms with E-state index in [1.807, 2.05) is 45.9 Å². The molecule has 3 amide bonds. The third-order valence-electron chi connectivity index (χ3n) is 10.8. The maximum Gasteiger partial charge on any atom is 0.276 e. The zero-order chi connectivity index (χ0) is 47.0. The van der Waals surface area contributed by atoms with Crippen molar-refractivity contribution >= 4 is 29.4 Å². The van der Waals surface area contributed by atoms with Crippen molar-refractivity contribution in [2.45, 2.75) is 84.3 Å². The standard InChI is InChI=1S/C20H22FN3O3.C13H16FN3O2.C8H10FN3O2.2C2H6.7H2/c21-17-8-15(19(25)23-26)9-22-18(17)11-24(10-14-12-27-13-14)20(6-7-20)16-4-2-1-3-5-16;14-10-5-9(13(18)17-19)6-15-12(10)16-11(7-1-2-7)8-3-4-8;1-12(2)7-6(9)3-5(4-10-7)8(13)11-14;2*1-2;;;;;;;/h1-5,8-9,14,26H,6-7,10-13H2,(H,23,25);5-8,11,19H,1-4H2,(H,15,16)(H,17,18);3-4,14H,1-2H3,(H,11,13);2*1-2H3;7*1H. The van der Waals surface area contributed by atoms with Crippen molar-refractivity contribution in [3.8, 4) is 0 Å². The molecule has 4 aromatic rings. The molecular formula is C45H74F3N9O7. The average Bonchev–Trinajstić information content (AvgIpc) is 4.14. The number of benzene rings is 1. The van der Waals surface area contributed by atoms with E-state index in [0.29, 0.717) is 36.0 Å². The van der Waals surface area contributed by atoms with Crippen molar-refractivity contribution in [2.24, 2.45) is 17.8 Å². The van der Waals surface area contributed by atoms with E-state index in [2.05, 4.69) is 37.3 Å². The van der Waals surface area contributed by atoms with E-state index in [9.17, 15) is 27.6 Å². The van der Waals surface area contributed by atoms with Crippen LogP contribution in [0.4, 0.5) is 24.8 Å². The van der Waals surface area contributed by atoms with E-state index in [1.165, 1.54) is 71.2 Å². The molecule has 1 aliphatic heterocycles. The van der Waals surface area contributed by atoms with Gasteiger partial charge < -0.3 is 15.0 Å². The van der Waals surface area contributed by atoms with Gasteiger partial charge in [-0.1, -0.05) is 58.0 Å². The first-order valence-corrected chi connectivity index (χ1v) is 21.5. The fourth-order valence-corrected chi connectivity index (χ4v) is 7.07. The Kier molecular flexibility index (Phi) is 19.4. The average molecular weight is 910 g/mol. The van der Waals surface area contributed by atoms with Gasteiger partial charge in [-0.15, -0.1) is 0 Å². The Balaban J connectivity index is -0.000000456. The number of aromatic nitrogens is 3. The lowest BCUT2D eigenvalue weighted by molar-refractivity contribution is -0.0560. The molecule has 1 aromatic carbocycles. The molecule has 4 heterocycles. The summed E-state index contributed by atoms with van der Waals surface area (Å²) >= 11 is 0. The summed E-state index contributed by atoms with van der Waals surface area (Å²) in [6.07, 6.45) is 10.6. The molecular weight excluding hydrogens is 836 g/mol. The molecule has 19 heteroatoms. The van der Waals surface area contributed by atoms with Crippen LogP contribution in [0.25, 0.3) is 0 Å². The molecule has 0 bridgehead atoms. The molecule has 7 N–H and O–H groups in total. The monoisotopic (exact) mass is 910 g/mol. The van der Waals surface area contributed by atoms with Crippen LogP contribution in [-0.2, 0) is 16.8 Å². The lowest BCUT2D eigenvalue weighted by Gasteiger charge is -2.38. The molecule has 1 saturated heterocycles. The first-order valence-electron chi connectivity index (χ1n) is 21.5. The van der Waals surface area contributed by atoms with Gasteiger partial charge in [0.25, 0.3) is 17.7 Å². The van der Waals surface area contributed by atoms with Crippen LogP contribution in [-0.4, -0.2) is 93.1 Å². The van der Waals surface area contributed by atoms with E-state index in [4.69, 9.17) is 20.4 Å². The smallest absolute Gasteiger partial charge is 0.276 e. The summed E-state index contributed by atoms with van der Waals surface area (Å²) in [6, 6.07) is 13.8. The van der Waals surface area contributed by atoms with Crippen LogP contribution >= 0.6 is 0 Å². The minimum absolute atomic E-state index is 0. The summed E-state index contributed by atoms with van der Waals surface area (Å²) < 4.78 is 47.0. The van der Waals surface area contributed by atoms with Gasteiger partial charge in [0.2, 0.25) is 0 Å². The summed E-state index contributed by atoms with van der Waals surface area (Å²) in [5, 5.41) is 28.7. The van der Waals surface area contributed by atoms with E-state index in [-0.39, 0.29) is 43.9 Å². The normalized spacial score (nSPS) is 15.5. The summed E-state index contributed by atoms with van der Waals surface area (Å²) in [7, 11) is 3.27. The summed E-state index contributed by atoms with van der Waals surface area (Å²) in [6.45, 7) is 10.6. The quantitative estimate of drug-likeness (QED) is 0.0467. The third-order valence-corrected chi connectivity index (χ3v) is 10.8. The SMILES string of the molecule is CC.CC.CN(C)c1ncc(C(=O)NO)cc1F.O=C(NO)c1cnc(CN(CC2COC2)C2(c3ccccc3)CC2)c(F)c1.O=C(NO)c1cnc(NC(C2CC2)C2CC2)c(F)c1.[HH].[HH].[HH].[HH].[HH].[HH].[HH]. The van der Waals surface area contributed by atoms with Crippen molar-refractivity contribution in [3.05, 3.63) is 113 Å². The Morgan fingerprint density at radius 3 is 1.64 bits per heavy atom. The maximum atomic E-state index is 14.6. The second-order valence-electron chi connectivity index (χ2n) is 15.5. The van der Waals surface area contributed by atoms with Gasteiger partial charge in [0.1, 0.15) is 5.82 Å². The van der Waals surface area contributed by atoms with Gasteiger partial charge in [-0.25, -0.2) is 39.6 Å². The zero-order valence-corrected chi connectivity index (χ0v) is 37.1. The Morgan fingerprint density at radius 2 is 1.23 bits per heavy atom. The Bertz CT molecular complexity index is 2160. The van der Waals surface area contributed by atoms with Gasteiger partial charge in [0.05, 0.1) is 35.6 Å². The van der Waals surface area contributed by atoms with Crippen LogP contribution in [0.15, 0.2) is 67.1 Å². The molecule has 4 aliphatic rings. The molecule has 3 aromatic heterocycles. The van der Waals surface area contributed by atoms with Crippen molar-refractivity contribution in [3.63, 3.8) is 0 Å². The van der Waals surface area contributed by atoms with Crippen LogP contribution in [0.3, 0.4) is 0 Å². The number of ether oxygens (including phenoxy) is 1. The van der Waals surface area contributed by atoms with Crippen LogP contribution < -0.4 is 26.7 Å². The second kappa shape index (κ2) is 24.4. The molecule has 4 fully saturated rings. The molecule has 0 radical (unpaired) electrons. The minimum atomic E-state index is -0.790. The van der Waals surface area contributed by atoms with Crippen LogP contribution in [0, 0.1) is 35.2 Å². The van der Waals surface area contributed by atoms with Crippen LogP contribution in [0.2, 0.25) is 0 Å². The first-order chi connectivity index (χ1) is 30.9. The minimum Gasteiger partial charge on any atom is -0.381 e. The lowest BCUT2D eigenvalue weighted by atomic mass is 9.99. The summed E-state index contributed by atoms with van der Waals surface area (Å²) in [5.41, 5.74) is 5.75. The maximum absolute atomic E-state index is 14.6. The Hall–Kier alpha value is -5.73. The number of hydrogen-bond donors (Lipinski definition) is 7. The number of carbonyl (C=O) groups is 3. The molecule has 64 heavy (non-hydrogen) atoms. The topological polar surface area (TPSA) is 214 Å². The fraction of sp³-hybridized carbons (Fsp3) is 0.467. The number of amides is 3. The van der Waals surface area contributed by atoms with Crippen molar-refractivity contribution in [1.82, 2.24) is 36.3 Å². The van der Waals surface area contributed by atoms with Crippen molar-refractivity contribution < 1.29 is 57.9 Å². The number of pyridine rings is 3. The Labute approximate surface area is 381 Å². The van der Waals surface area contributed by atoms with Crippen molar-refractivity contribution in [2.75, 3.05) is 44.1 Å². The second-order valence-corrected chi connectivity index (χ2v) is 15.5. The van der Waals surface area contributed by atoms with Gasteiger partial charge in [-0.3, -0.25) is 39.9 Å². The molecule has 16 nitrogen and oxygen atoms in total. The number of halogens is 3. The number of hydroxylamine groups is 3. The Morgan fingerprint density at radius 1 is 0.750 bits per heavy atom. The third kappa shape index (κ3) is 13.6. The molecule has 3 saturated carbocycles. The zero-order valence-electron chi connectivity index (χ0n) is 37.1. The number of hydrogen-bond acceptors (Lipinski definition) is 13. The number of nitrogens with one attached hydrogen (secondary N) is 4. The van der Waals surface area contributed by atoms with Gasteiger partial charge in [0.15, 0.2) is 23.3 Å². The highest BCUT2D eigenvalue weighted by molar-refractivity contribution is 5.94. The van der Waals surface area contributed by atoms with Gasteiger partial charge in [-0.05, 0) is 74.1 Å².